The standard InChI is InChI=1S/C48H45ClO7/c49-43-26-23-41(28-40(43)27-35-21-24-42(25-22-35)51-29-36-13-5-1-6-14-36)48-46(54-32-39-19-11-4-12-20-39)44(52-30-37-15-7-2-8-16-37)45(47(33-50,56-48)34-55-48)53-31-38-17-9-3-10-18-38/h1-26,28,44-46,50H,27,29-34H2/t44-,45-,46+,47-,48-/m0/s1. The summed E-state index contributed by atoms with van der Waals surface area (Å²) in [6.45, 7) is 1.03. The van der Waals surface area contributed by atoms with Crippen molar-refractivity contribution in [1.82, 2.24) is 0 Å². The lowest BCUT2D eigenvalue weighted by atomic mass is 9.83. The van der Waals surface area contributed by atoms with Gasteiger partial charge in [0.1, 0.15) is 36.3 Å². The van der Waals surface area contributed by atoms with Gasteiger partial charge in [0.15, 0.2) is 0 Å². The van der Waals surface area contributed by atoms with Crippen LogP contribution in [0.15, 0.2) is 164 Å². The minimum Gasteiger partial charge on any atom is -0.489 e. The zero-order valence-corrected chi connectivity index (χ0v) is 31.8. The number of rotatable bonds is 16. The molecule has 2 heterocycles. The van der Waals surface area contributed by atoms with Crippen molar-refractivity contribution in [1.29, 1.82) is 0 Å². The number of aliphatic hydroxyl groups is 1. The molecule has 0 spiro atoms. The Morgan fingerprint density at radius 3 is 1.64 bits per heavy atom. The molecule has 0 radical (unpaired) electrons. The van der Waals surface area contributed by atoms with Crippen LogP contribution in [0.3, 0.4) is 0 Å². The van der Waals surface area contributed by atoms with Crippen molar-refractivity contribution in [3.05, 3.63) is 208 Å². The first kappa shape index (κ1) is 38.1. The monoisotopic (exact) mass is 768 g/mol. The SMILES string of the molecule is OC[C@@]12CO[C@@](c3ccc(Cl)c(Cc4ccc(OCc5ccccc5)cc4)c3)(O1)[C@H](OCc1ccccc1)[C@@H](OCc1ccccc1)[C@@H]2OCc1ccccc1. The molecule has 56 heavy (non-hydrogen) atoms. The second-order valence-electron chi connectivity index (χ2n) is 14.4. The van der Waals surface area contributed by atoms with Crippen LogP contribution in [0.5, 0.6) is 5.75 Å². The molecule has 2 fully saturated rings. The average molecular weight is 769 g/mol. The second kappa shape index (κ2) is 17.5. The van der Waals surface area contributed by atoms with Crippen molar-refractivity contribution in [3.8, 4) is 5.75 Å². The summed E-state index contributed by atoms with van der Waals surface area (Å²) in [6, 6.07) is 53.9. The summed E-state index contributed by atoms with van der Waals surface area (Å²) in [6.07, 6.45) is -1.72. The minimum absolute atomic E-state index is 0.0573. The predicted octanol–water partition coefficient (Wildman–Crippen LogP) is 9.21. The van der Waals surface area contributed by atoms with Crippen LogP contribution >= 0.6 is 11.6 Å². The first-order valence-electron chi connectivity index (χ1n) is 19.0. The number of hydrogen-bond donors (Lipinski definition) is 1. The van der Waals surface area contributed by atoms with Gasteiger partial charge >= 0.3 is 0 Å². The molecule has 0 aliphatic carbocycles. The third-order valence-corrected chi connectivity index (χ3v) is 10.9. The summed E-state index contributed by atoms with van der Waals surface area (Å²) in [5.74, 6) is -0.671. The number of aliphatic hydroxyl groups excluding tert-OH is 1. The fraction of sp³-hybridized carbons (Fsp3) is 0.250. The maximum absolute atomic E-state index is 11.2. The summed E-state index contributed by atoms with van der Waals surface area (Å²) in [5, 5.41) is 11.8. The molecule has 0 unspecified atom stereocenters. The van der Waals surface area contributed by atoms with E-state index in [9.17, 15) is 5.11 Å². The second-order valence-corrected chi connectivity index (χ2v) is 14.8. The molecule has 7 nitrogen and oxygen atoms in total. The number of ether oxygens (including phenoxy) is 6. The van der Waals surface area contributed by atoms with Crippen LogP contribution in [0.25, 0.3) is 0 Å². The molecule has 2 aliphatic heterocycles. The zero-order chi connectivity index (χ0) is 38.2. The number of benzene rings is 6. The van der Waals surface area contributed by atoms with Gasteiger partial charge in [-0.05, 0) is 64.1 Å². The molecule has 2 aliphatic rings. The normalized spacial score (nSPS) is 22.9. The first-order chi connectivity index (χ1) is 27.5. The molecular formula is C48H45ClO7. The van der Waals surface area contributed by atoms with Crippen molar-refractivity contribution in [2.24, 2.45) is 0 Å². The fourth-order valence-corrected chi connectivity index (χ4v) is 7.71. The Bertz CT molecular complexity index is 2140. The van der Waals surface area contributed by atoms with Gasteiger partial charge in [0.25, 0.3) is 0 Å². The van der Waals surface area contributed by atoms with Gasteiger partial charge in [-0.3, -0.25) is 0 Å². The highest BCUT2D eigenvalue weighted by molar-refractivity contribution is 6.31. The van der Waals surface area contributed by atoms with Crippen LogP contribution in [-0.4, -0.2) is 42.2 Å². The van der Waals surface area contributed by atoms with Crippen molar-refractivity contribution < 1.29 is 33.5 Å². The molecule has 6 aromatic rings. The Kier molecular flexibility index (Phi) is 11.9. The van der Waals surface area contributed by atoms with Crippen molar-refractivity contribution in [2.45, 2.75) is 62.5 Å². The van der Waals surface area contributed by atoms with E-state index in [1.165, 1.54) is 0 Å². The van der Waals surface area contributed by atoms with Crippen LogP contribution in [-0.2, 0) is 62.3 Å². The number of fused-ring (bicyclic) bond motifs is 2. The zero-order valence-electron chi connectivity index (χ0n) is 31.0. The summed E-state index contributed by atoms with van der Waals surface area (Å²) in [7, 11) is 0. The predicted molar refractivity (Wildman–Crippen MR) is 215 cm³/mol. The highest BCUT2D eigenvalue weighted by Gasteiger charge is 2.69. The molecule has 6 aromatic carbocycles. The summed E-state index contributed by atoms with van der Waals surface area (Å²) >= 11 is 6.91. The molecule has 2 bridgehead atoms. The van der Waals surface area contributed by atoms with Gasteiger partial charge < -0.3 is 33.5 Å². The Labute approximate surface area is 333 Å². The lowest BCUT2D eigenvalue weighted by molar-refractivity contribution is -0.353. The van der Waals surface area contributed by atoms with Gasteiger partial charge in [0.2, 0.25) is 5.79 Å². The van der Waals surface area contributed by atoms with Crippen molar-refractivity contribution >= 4 is 11.6 Å². The third-order valence-electron chi connectivity index (χ3n) is 10.5. The lowest BCUT2D eigenvalue weighted by Gasteiger charge is -2.50. The van der Waals surface area contributed by atoms with Crippen molar-refractivity contribution in [2.75, 3.05) is 13.2 Å². The smallest absolute Gasteiger partial charge is 0.225 e. The van der Waals surface area contributed by atoms with E-state index in [0.29, 0.717) is 23.6 Å². The largest absolute Gasteiger partial charge is 0.489 e. The minimum atomic E-state index is -1.46. The molecular weight excluding hydrogens is 724 g/mol. The lowest BCUT2D eigenvalue weighted by Crippen LogP contribution is -2.67. The molecule has 0 amide bonds. The van der Waals surface area contributed by atoms with Crippen LogP contribution < -0.4 is 4.74 Å². The van der Waals surface area contributed by atoms with Crippen LogP contribution in [0.2, 0.25) is 5.02 Å². The molecule has 286 valence electrons. The number of hydrogen-bond acceptors (Lipinski definition) is 7. The molecule has 8 rings (SSSR count). The Balaban J connectivity index is 1.13. The first-order valence-corrected chi connectivity index (χ1v) is 19.4. The molecule has 0 saturated carbocycles. The van der Waals surface area contributed by atoms with Gasteiger partial charge in [-0.25, -0.2) is 0 Å². The quantitative estimate of drug-likeness (QED) is 0.105. The molecule has 0 aromatic heterocycles. The average Bonchev–Trinajstić information content (AvgIpc) is 3.61. The maximum atomic E-state index is 11.2. The number of halogens is 1. The van der Waals surface area contributed by atoms with E-state index >= 15 is 0 Å². The van der Waals surface area contributed by atoms with Gasteiger partial charge in [-0.1, -0.05) is 151 Å². The van der Waals surface area contributed by atoms with E-state index in [2.05, 4.69) is 12.1 Å². The molecule has 8 heteroatoms. The van der Waals surface area contributed by atoms with E-state index in [4.69, 9.17) is 40.0 Å². The van der Waals surface area contributed by atoms with Gasteiger partial charge in [-0.2, -0.15) is 0 Å². The topological polar surface area (TPSA) is 75.6 Å². The van der Waals surface area contributed by atoms with Gasteiger partial charge in [-0.15, -0.1) is 0 Å². The highest BCUT2D eigenvalue weighted by Crippen LogP contribution is 2.53. The molecule has 2 saturated heterocycles. The van der Waals surface area contributed by atoms with Crippen LogP contribution in [0, 0.1) is 0 Å². The van der Waals surface area contributed by atoms with Crippen molar-refractivity contribution in [3.63, 3.8) is 0 Å². The fourth-order valence-electron chi connectivity index (χ4n) is 7.52. The van der Waals surface area contributed by atoms with Gasteiger partial charge in [0.05, 0.1) is 33.0 Å². The van der Waals surface area contributed by atoms with E-state index < -0.39 is 29.7 Å². The van der Waals surface area contributed by atoms with E-state index in [1.807, 2.05) is 152 Å². The maximum Gasteiger partial charge on any atom is 0.225 e. The Morgan fingerprint density at radius 2 is 1.09 bits per heavy atom. The molecule has 5 atom stereocenters. The van der Waals surface area contributed by atoms with Crippen LogP contribution in [0.4, 0.5) is 0 Å². The highest BCUT2D eigenvalue weighted by atomic mass is 35.5. The van der Waals surface area contributed by atoms with E-state index in [1.54, 1.807) is 0 Å². The molecule has 1 N–H and O–H groups in total. The van der Waals surface area contributed by atoms with E-state index in [0.717, 1.165) is 39.1 Å². The summed E-state index contributed by atoms with van der Waals surface area (Å²) in [5.41, 5.74) is 5.47. The van der Waals surface area contributed by atoms with E-state index in [-0.39, 0.29) is 33.0 Å². The van der Waals surface area contributed by atoms with Gasteiger partial charge in [0, 0.05) is 10.6 Å². The van der Waals surface area contributed by atoms with Crippen LogP contribution in [0.1, 0.15) is 38.9 Å². The Morgan fingerprint density at radius 1 is 0.571 bits per heavy atom. The summed E-state index contributed by atoms with van der Waals surface area (Å²) in [4.78, 5) is 0. The Hall–Kier alpha value is -4.83. The third kappa shape index (κ3) is 8.45. The summed E-state index contributed by atoms with van der Waals surface area (Å²) < 4.78 is 40.4.